The topological polar surface area (TPSA) is 63.2 Å². The van der Waals surface area contributed by atoms with Gasteiger partial charge in [0.15, 0.2) is 9.84 Å². The van der Waals surface area contributed by atoms with Gasteiger partial charge in [0, 0.05) is 12.3 Å². The Hall–Kier alpha value is -0.580. The zero-order chi connectivity index (χ0) is 11.6. The fourth-order valence-corrected chi connectivity index (χ4v) is 1.06. The van der Waals surface area contributed by atoms with Crippen LogP contribution in [0.1, 0.15) is 34.1 Å². The van der Waals surface area contributed by atoms with Crippen LogP contribution in [0.5, 0.6) is 0 Å². The average molecular weight is 221 g/mol. The molecule has 1 unspecified atom stereocenters. The molecule has 0 saturated carbocycles. The van der Waals surface area contributed by atoms with Gasteiger partial charge < -0.3 is 5.32 Å². The molecule has 0 aromatic rings. The van der Waals surface area contributed by atoms with Crippen molar-refractivity contribution in [1.82, 2.24) is 5.32 Å². The number of hydrogen-bond acceptors (Lipinski definition) is 3. The lowest BCUT2D eigenvalue weighted by Gasteiger charge is -2.23. The van der Waals surface area contributed by atoms with Crippen molar-refractivity contribution in [3.63, 3.8) is 0 Å². The molecule has 0 aliphatic carbocycles. The van der Waals surface area contributed by atoms with E-state index in [0.29, 0.717) is 0 Å². The minimum atomic E-state index is -3.37. The quantitative estimate of drug-likeness (QED) is 0.761. The summed E-state index contributed by atoms with van der Waals surface area (Å²) in [5, 5.41) is 2.66. The highest BCUT2D eigenvalue weighted by Gasteiger charge is 2.38. The molecule has 0 aromatic carbocycles. The summed E-state index contributed by atoms with van der Waals surface area (Å²) in [6, 6.07) is 0.00326. The molecule has 1 amide bonds. The molecular formula is C9H19NO3S. The van der Waals surface area contributed by atoms with Crippen LogP contribution in [0.15, 0.2) is 0 Å². The van der Waals surface area contributed by atoms with E-state index in [-0.39, 0.29) is 6.04 Å². The zero-order valence-electron chi connectivity index (χ0n) is 9.42. The number of hydrogen-bond donors (Lipinski definition) is 1. The van der Waals surface area contributed by atoms with E-state index in [0.717, 1.165) is 12.7 Å². The highest BCUT2D eigenvalue weighted by Crippen LogP contribution is 2.15. The van der Waals surface area contributed by atoms with Crippen LogP contribution in [-0.2, 0) is 14.6 Å². The van der Waals surface area contributed by atoms with E-state index < -0.39 is 20.5 Å². The van der Waals surface area contributed by atoms with Crippen LogP contribution in [0, 0.1) is 0 Å². The molecule has 84 valence electrons. The monoisotopic (exact) mass is 221 g/mol. The molecule has 0 aromatic heterocycles. The fraction of sp³-hybridized carbons (Fsp3) is 0.889. The number of carbonyl (C=O) groups excluding carboxylic acids is 1. The molecule has 5 heteroatoms. The summed E-state index contributed by atoms with van der Waals surface area (Å²) in [5.41, 5.74) is 0. The van der Waals surface area contributed by atoms with Crippen molar-refractivity contribution in [3.05, 3.63) is 0 Å². The molecule has 0 rings (SSSR count). The first kappa shape index (κ1) is 13.4. The summed E-state index contributed by atoms with van der Waals surface area (Å²) in [6.07, 6.45) is 1.86. The Morgan fingerprint density at radius 3 is 2.14 bits per heavy atom. The van der Waals surface area contributed by atoms with Crippen molar-refractivity contribution in [2.24, 2.45) is 0 Å². The smallest absolute Gasteiger partial charge is 0.241 e. The highest BCUT2D eigenvalue weighted by atomic mass is 32.2. The van der Waals surface area contributed by atoms with E-state index in [1.807, 2.05) is 13.8 Å². The van der Waals surface area contributed by atoms with Gasteiger partial charge in [-0.2, -0.15) is 0 Å². The Balaban J connectivity index is 4.70. The van der Waals surface area contributed by atoms with Crippen molar-refractivity contribution in [3.8, 4) is 0 Å². The number of carbonyl (C=O) groups is 1. The Bertz CT molecular complexity index is 306. The van der Waals surface area contributed by atoms with Crippen LogP contribution in [-0.4, -0.2) is 31.4 Å². The van der Waals surface area contributed by atoms with Gasteiger partial charge >= 0.3 is 0 Å². The van der Waals surface area contributed by atoms with Crippen LogP contribution in [0.2, 0.25) is 0 Å². The van der Waals surface area contributed by atoms with E-state index in [1.54, 1.807) is 0 Å². The Morgan fingerprint density at radius 1 is 1.43 bits per heavy atom. The zero-order valence-corrected chi connectivity index (χ0v) is 10.2. The first-order valence-electron chi connectivity index (χ1n) is 4.63. The van der Waals surface area contributed by atoms with Gasteiger partial charge in [0.1, 0.15) is 4.75 Å². The van der Waals surface area contributed by atoms with Gasteiger partial charge in [0.05, 0.1) is 0 Å². The SMILES string of the molecule is CCC(C)NC(=O)C(C)(C)S(C)(=O)=O. The predicted molar refractivity (Wildman–Crippen MR) is 56.8 cm³/mol. The molecule has 0 heterocycles. The van der Waals surface area contributed by atoms with Crippen molar-refractivity contribution >= 4 is 15.7 Å². The van der Waals surface area contributed by atoms with Gasteiger partial charge in [-0.25, -0.2) is 8.42 Å². The van der Waals surface area contributed by atoms with E-state index in [4.69, 9.17) is 0 Å². The third kappa shape index (κ3) is 2.97. The molecule has 1 N–H and O–H groups in total. The van der Waals surface area contributed by atoms with E-state index in [9.17, 15) is 13.2 Å². The molecule has 0 fully saturated rings. The Morgan fingerprint density at radius 2 is 1.86 bits per heavy atom. The van der Waals surface area contributed by atoms with Crippen LogP contribution in [0.3, 0.4) is 0 Å². The molecule has 0 aliphatic heterocycles. The van der Waals surface area contributed by atoms with Crippen molar-refractivity contribution < 1.29 is 13.2 Å². The summed E-state index contributed by atoms with van der Waals surface area (Å²) >= 11 is 0. The lowest BCUT2D eigenvalue weighted by atomic mass is 10.1. The van der Waals surface area contributed by atoms with Crippen molar-refractivity contribution in [2.45, 2.75) is 44.9 Å². The van der Waals surface area contributed by atoms with Gasteiger partial charge in [-0.1, -0.05) is 6.92 Å². The fourth-order valence-electron chi connectivity index (χ4n) is 0.668. The number of amides is 1. The Labute approximate surface area is 86.0 Å². The summed E-state index contributed by atoms with van der Waals surface area (Å²) in [5.74, 6) is -0.436. The van der Waals surface area contributed by atoms with Gasteiger partial charge in [-0.05, 0) is 27.2 Å². The van der Waals surface area contributed by atoms with E-state index >= 15 is 0 Å². The third-order valence-corrected chi connectivity index (χ3v) is 4.50. The number of nitrogens with one attached hydrogen (secondary N) is 1. The first-order valence-corrected chi connectivity index (χ1v) is 6.52. The molecule has 4 nitrogen and oxygen atoms in total. The number of sulfone groups is 1. The summed E-state index contributed by atoms with van der Waals surface area (Å²) in [7, 11) is -3.37. The summed E-state index contributed by atoms with van der Waals surface area (Å²) in [6.45, 7) is 6.61. The number of rotatable bonds is 4. The lowest BCUT2D eigenvalue weighted by Crippen LogP contribution is -2.50. The van der Waals surface area contributed by atoms with Crippen LogP contribution in [0.4, 0.5) is 0 Å². The summed E-state index contributed by atoms with van der Waals surface area (Å²) in [4.78, 5) is 11.6. The largest absolute Gasteiger partial charge is 0.352 e. The molecule has 0 radical (unpaired) electrons. The van der Waals surface area contributed by atoms with Crippen molar-refractivity contribution in [2.75, 3.05) is 6.26 Å². The van der Waals surface area contributed by atoms with Gasteiger partial charge in [-0.3, -0.25) is 4.79 Å². The minimum absolute atomic E-state index is 0.00326. The maximum absolute atomic E-state index is 11.6. The van der Waals surface area contributed by atoms with Crippen molar-refractivity contribution in [1.29, 1.82) is 0 Å². The Kier molecular flexibility index (Phi) is 4.12. The van der Waals surface area contributed by atoms with Crippen LogP contribution < -0.4 is 5.32 Å². The maximum Gasteiger partial charge on any atom is 0.241 e. The maximum atomic E-state index is 11.6. The highest BCUT2D eigenvalue weighted by molar-refractivity contribution is 7.92. The second-order valence-electron chi connectivity index (χ2n) is 4.07. The third-order valence-electron chi connectivity index (χ3n) is 2.46. The van der Waals surface area contributed by atoms with Crippen LogP contribution >= 0.6 is 0 Å². The standard InChI is InChI=1S/C9H19NO3S/c1-6-7(2)10-8(11)9(3,4)14(5,12)13/h7H,6H2,1-5H3,(H,10,11). The molecule has 14 heavy (non-hydrogen) atoms. The van der Waals surface area contributed by atoms with Gasteiger partial charge in [0.2, 0.25) is 5.91 Å². The lowest BCUT2D eigenvalue weighted by molar-refractivity contribution is -0.123. The molecule has 0 bridgehead atoms. The van der Waals surface area contributed by atoms with Gasteiger partial charge in [0.25, 0.3) is 0 Å². The average Bonchev–Trinajstić information content (AvgIpc) is 2.01. The van der Waals surface area contributed by atoms with E-state index in [2.05, 4.69) is 5.32 Å². The summed E-state index contributed by atoms with van der Waals surface area (Å²) < 4.78 is 21.3. The molecule has 0 saturated heterocycles. The minimum Gasteiger partial charge on any atom is -0.352 e. The van der Waals surface area contributed by atoms with Crippen LogP contribution in [0.25, 0.3) is 0 Å². The molecule has 1 atom stereocenters. The molecular weight excluding hydrogens is 202 g/mol. The van der Waals surface area contributed by atoms with E-state index in [1.165, 1.54) is 13.8 Å². The second-order valence-corrected chi connectivity index (χ2v) is 6.63. The van der Waals surface area contributed by atoms with Gasteiger partial charge in [-0.15, -0.1) is 0 Å². The normalized spacial score (nSPS) is 14.9. The molecule has 0 aliphatic rings. The first-order chi connectivity index (χ1) is 6.13. The predicted octanol–water partition coefficient (Wildman–Crippen LogP) is 0.724. The molecule has 0 spiro atoms. The second kappa shape index (κ2) is 4.29.